The van der Waals surface area contributed by atoms with Crippen LogP contribution in [-0.4, -0.2) is 47.4 Å². The minimum absolute atomic E-state index is 0.0336. The Morgan fingerprint density at radius 2 is 2.03 bits per heavy atom. The summed E-state index contributed by atoms with van der Waals surface area (Å²) in [6, 6.07) is 6.24. The number of hydrogen-bond donors (Lipinski definition) is 0. The van der Waals surface area contributed by atoms with Gasteiger partial charge in [-0.3, -0.25) is 9.48 Å². The second-order valence-corrected chi connectivity index (χ2v) is 8.01. The number of amides is 1. The third-order valence-electron chi connectivity index (χ3n) is 5.71. The van der Waals surface area contributed by atoms with E-state index in [2.05, 4.69) is 11.2 Å². The van der Waals surface area contributed by atoms with Gasteiger partial charge in [0.15, 0.2) is 11.5 Å². The highest BCUT2D eigenvalue weighted by Crippen LogP contribution is 2.29. The molecule has 2 heterocycles. The lowest BCUT2D eigenvalue weighted by Gasteiger charge is -2.35. The van der Waals surface area contributed by atoms with E-state index in [1.807, 2.05) is 24.0 Å². The molecule has 0 saturated carbocycles. The van der Waals surface area contributed by atoms with E-state index in [0.717, 1.165) is 61.4 Å². The summed E-state index contributed by atoms with van der Waals surface area (Å²) in [6.07, 6.45) is 8.43. The number of aryl methyl sites for hydroxylation is 3. The fraction of sp³-hybridized carbons (Fsp3) is 0.478. The van der Waals surface area contributed by atoms with Gasteiger partial charge in [0.05, 0.1) is 19.9 Å². The lowest BCUT2D eigenvalue weighted by molar-refractivity contribution is -0.129. The van der Waals surface area contributed by atoms with Crippen molar-refractivity contribution in [3.8, 4) is 11.5 Å². The third-order valence-corrected chi connectivity index (χ3v) is 6.16. The molecular formula is C23H30ClN3O3. The van der Waals surface area contributed by atoms with Crippen molar-refractivity contribution in [2.45, 2.75) is 45.1 Å². The Kier molecular flexibility index (Phi) is 7.43. The van der Waals surface area contributed by atoms with Crippen LogP contribution in [-0.2, 0) is 18.3 Å². The normalized spacial score (nSPS) is 16.8. The Labute approximate surface area is 183 Å². The zero-order valence-corrected chi connectivity index (χ0v) is 18.9. The van der Waals surface area contributed by atoms with Gasteiger partial charge in [0, 0.05) is 31.3 Å². The summed E-state index contributed by atoms with van der Waals surface area (Å²) < 4.78 is 12.3. The summed E-state index contributed by atoms with van der Waals surface area (Å²) in [5.41, 5.74) is 2.79. The zero-order valence-electron chi connectivity index (χ0n) is 18.2. The average molecular weight is 432 g/mol. The predicted molar refractivity (Wildman–Crippen MR) is 119 cm³/mol. The first-order chi connectivity index (χ1) is 14.4. The van der Waals surface area contributed by atoms with Crippen LogP contribution in [0.25, 0.3) is 6.08 Å². The molecule has 3 rings (SSSR count). The number of halogens is 1. The molecule has 1 saturated heterocycles. The van der Waals surface area contributed by atoms with Gasteiger partial charge in [0.2, 0.25) is 5.91 Å². The minimum atomic E-state index is 0.0336. The molecule has 1 atom stereocenters. The van der Waals surface area contributed by atoms with Crippen LogP contribution >= 0.6 is 11.6 Å². The maximum absolute atomic E-state index is 12.9. The number of nitrogens with zero attached hydrogens (tertiary/aromatic N) is 3. The van der Waals surface area contributed by atoms with Gasteiger partial charge in [-0.25, -0.2) is 0 Å². The molecule has 1 aliphatic rings. The third kappa shape index (κ3) is 4.98. The first-order valence-electron chi connectivity index (χ1n) is 10.3. The number of likely N-dealkylation sites (tertiary alicyclic amines) is 1. The Morgan fingerprint density at radius 3 is 2.70 bits per heavy atom. The highest BCUT2D eigenvalue weighted by Gasteiger charge is 2.25. The van der Waals surface area contributed by atoms with E-state index in [-0.39, 0.29) is 11.9 Å². The molecule has 1 unspecified atom stereocenters. The number of carbonyl (C=O) groups excluding carboxylic acids is 1. The maximum Gasteiger partial charge on any atom is 0.246 e. The van der Waals surface area contributed by atoms with Gasteiger partial charge < -0.3 is 14.4 Å². The van der Waals surface area contributed by atoms with E-state index >= 15 is 0 Å². The molecule has 7 heteroatoms. The fourth-order valence-electron chi connectivity index (χ4n) is 4.05. The molecule has 1 amide bonds. The summed E-state index contributed by atoms with van der Waals surface area (Å²) in [7, 11) is 5.08. The molecule has 30 heavy (non-hydrogen) atoms. The van der Waals surface area contributed by atoms with Gasteiger partial charge in [-0.15, -0.1) is 0 Å². The predicted octanol–water partition coefficient (Wildman–Crippen LogP) is 4.43. The first kappa shape index (κ1) is 22.2. The number of ether oxygens (including phenoxy) is 2. The molecule has 0 N–H and O–H groups in total. The van der Waals surface area contributed by atoms with Gasteiger partial charge in [-0.2, -0.15) is 5.10 Å². The molecule has 1 aromatic heterocycles. The number of carbonyl (C=O) groups is 1. The number of aromatic nitrogens is 2. The molecule has 0 radical (unpaired) electrons. The molecule has 2 aromatic rings. The molecule has 1 fully saturated rings. The number of piperidine rings is 1. The summed E-state index contributed by atoms with van der Waals surface area (Å²) in [5, 5.41) is 4.84. The molecule has 0 spiro atoms. The SMILES string of the molecule is COc1ccc(CCC2CCCCN2C(=O)/C=C/c2c(C)nn(C)c2Cl)cc1OC. The van der Waals surface area contributed by atoms with Crippen molar-refractivity contribution in [3.63, 3.8) is 0 Å². The number of hydrogen-bond acceptors (Lipinski definition) is 4. The highest BCUT2D eigenvalue weighted by atomic mass is 35.5. The lowest BCUT2D eigenvalue weighted by atomic mass is 9.95. The Balaban J connectivity index is 1.67. The molecule has 0 bridgehead atoms. The zero-order chi connectivity index (χ0) is 21.7. The minimum Gasteiger partial charge on any atom is -0.493 e. The quantitative estimate of drug-likeness (QED) is 0.608. The van der Waals surface area contributed by atoms with Crippen LogP contribution in [0.3, 0.4) is 0 Å². The van der Waals surface area contributed by atoms with Crippen LogP contribution in [0.4, 0.5) is 0 Å². The van der Waals surface area contributed by atoms with E-state index < -0.39 is 0 Å². The highest BCUT2D eigenvalue weighted by molar-refractivity contribution is 6.31. The molecule has 1 aliphatic heterocycles. The second kappa shape index (κ2) is 10.0. The van der Waals surface area contributed by atoms with Crippen LogP contribution in [0, 0.1) is 6.92 Å². The van der Waals surface area contributed by atoms with Crippen molar-refractivity contribution in [1.82, 2.24) is 14.7 Å². The van der Waals surface area contributed by atoms with Crippen molar-refractivity contribution in [1.29, 1.82) is 0 Å². The molecule has 0 aliphatic carbocycles. The van der Waals surface area contributed by atoms with E-state index in [4.69, 9.17) is 21.1 Å². The standard InChI is InChI=1S/C23H30ClN3O3/c1-16-19(23(24)26(2)25-16)11-13-22(28)27-14-6-5-7-18(27)10-8-17-9-12-20(29-3)21(15-17)30-4/h9,11-13,15,18H,5-8,10,14H2,1-4H3/b13-11+. The molecule has 6 nitrogen and oxygen atoms in total. The van der Waals surface area contributed by atoms with E-state index in [9.17, 15) is 4.79 Å². The summed E-state index contributed by atoms with van der Waals surface area (Å²) in [4.78, 5) is 14.9. The van der Waals surface area contributed by atoms with Crippen LogP contribution in [0.15, 0.2) is 24.3 Å². The first-order valence-corrected chi connectivity index (χ1v) is 10.7. The van der Waals surface area contributed by atoms with Crippen LogP contribution < -0.4 is 9.47 Å². The summed E-state index contributed by atoms with van der Waals surface area (Å²) in [6.45, 7) is 2.68. The largest absolute Gasteiger partial charge is 0.493 e. The van der Waals surface area contributed by atoms with E-state index in [1.165, 1.54) is 5.56 Å². The van der Waals surface area contributed by atoms with Crippen LogP contribution in [0.5, 0.6) is 11.5 Å². The van der Waals surface area contributed by atoms with Gasteiger partial charge in [0.1, 0.15) is 5.15 Å². The van der Waals surface area contributed by atoms with Crippen molar-refractivity contribution >= 4 is 23.6 Å². The van der Waals surface area contributed by atoms with Gasteiger partial charge in [-0.05, 0) is 62.8 Å². The van der Waals surface area contributed by atoms with Gasteiger partial charge in [0.25, 0.3) is 0 Å². The Bertz CT molecular complexity index is 923. The maximum atomic E-state index is 12.9. The van der Waals surface area contributed by atoms with E-state index in [0.29, 0.717) is 5.15 Å². The lowest BCUT2D eigenvalue weighted by Crippen LogP contribution is -2.43. The Hall–Kier alpha value is -2.47. The Morgan fingerprint density at radius 1 is 1.27 bits per heavy atom. The van der Waals surface area contributed by atoms with Crippen LogP contribution in [0.1, 0.15) is 42.5 Å². The number of benzene rings is 1. The average Bonchev–Trinajstić information content (AvgIpc) is 3.01. The van der Waals surface area contributed by atoms with Crippen molar-refractivity contribution in [2.24, 2.45) is 7.05 Å². The topological polar surface area (TPSA) is 56.6 Å². The van der Waals surface area contributed by atoms with Crippen molar-refractivity contribution < 1.29 is 14.3 Å². The molecule has 162 valence electrons. The second-order valence-electron chi connectivity index (χ2n) is 7.66. The smallest absolute Gasteiger partial charge is 0.246 e. The van der Waals surface area contributed by atoms with Crippen LogP contribution in [0.2, 0.25) is 5.15 Å². The van der Waals surface area contributed by atoms with Crippen molar-refractivity contribution in [2.75, 3.05) is 20.8 Å². The van der Waals surface area contributed by atoms with Gasteiger partial charge >= 0.3 is 0 Å². The van der Waals surface area contributed by atoms with Crippen molar-refractivity contribution in [3.05, 3.63) is 46.2 Å². The summed E-state index contributed by atoms with van der Waals surface area (Å²) in [5.74, 6) is 1.50. The van der Waals surface area contributed by atoms with Gasteiger partial charge in [-0.1, -0.05) is 17.7 Å². The fourth-order valence-corrected chi connectivity index (χ4v) is 4.28. The molecule has 1 aromatic carbocycles. The summed E-state index contributed by atoms with van der Waals surface area (Å²) >= 11 is 6.28. The monoisotopic (exact) mass is 431 g/mol. The number of methoxy groups -OCH3 is 2. The number of rotatable bonds is 7. The van der Waals surface area contributed by atoms with E-state index in [1.54, 1.807) is 38.1 Å². The molecular weight excluding hydrogens is 402 g/mol.